The van der Waals surface area contributed by atoms with Crippen LogP contribution in [0, 0.1) is 0 Å². The van der Waals surface area contributed by atoms with Crippen molar-refractivity contribution in [2.75, 3.05) is 0 Å². The van der Waals surface area contributed by atoms with Crippen molar-refractivity contribution in [1.29, 1.82) is 0 Å². The molecule has 18 heavy (non-hydrogen) atoms. The molecule has 0 aliphatic rings. The maximum absolute atomic E-state index is 5.55. The Morgan fingerprint density at radius 3 is 2.17 bits per heavy atom. The van der Waals surface area contributed by atoms with E-state index in [0.717, 1.165) is 5.57 Å². The molecule has 0 aliphatic heterocycles. The predicted molar refractivity (Wildman–Crippen MR) is 80.3 cm³/mol. The van der Waals surface area contributed by atoms with E-state index in [-0.39, 0.29) is 0 Å². The first kappa shape index (κ1) is 15.7. The van der Waals surface area contributed by atoms with Gasteiger partial charge in [-0.1, -0.05) is 56.2 Å². The van der Waals surface area contributed by atoms with Gasteiger partial charge in [-0.25, -0.2) is 4.99 Å². The lowest BCUT2D eigenvalue weighted by Gasteiger charge is -2.05. The van der Waals surface area contributed by atoms with Gasteiger partial charge < -0.3 is 4.74 Å². The van der Waals surface area contributed by atoms with Crippen LogP contribution < -0.4 is 0 Å². The number of allylic oxidation sites excluding steroid dienone is 8. The van der Waals surface area contributed by atoms with E-state index in [0.29, 0.717) is 11.6 Å². The van der Waals surface area contributed by atoms with Crippen molar-refractivity contribution in [1.82, 2.24) is 0 Å². The fraction of sp³-hybridized carbons (Fsp3) is 0.0625. The summed E-state index contributed by atoms with van der Waals surface area (Å²) in [4.78, 5) is 4.06. The van der Waals surface area contributed by atoms with Gasteiger partial charge in [0.2, 0.25) is 5.88 Å². The van der Waals surface area contributed by atoms with Gasteiger partial charge in [-0.15, -0.1) is 0 Å². The molecule has 0 aliphatic carbocycles. The van der Waals surface area contributed by atoms with Crippen LogP contribution >= 0.6 is 0 Å². The number of hydrogen-bond acceptors (Lipinski definition) is 2. The molecular weight excluding hydrogens is 222 g/mol. The Balaban J connectivity index is 4.98. The summed E-state index contributed by atoms with van der Waals surface area (Å²) in [5.41, 5.74) is 1.03. The monoisotopic (exact) mass is 241 g/mol. The summed E-state index contributed by atoms with van der Waals surface area (Å²) in [5, 5.41) is 0. The average molecular weight is 241 g/mol. The molecule has 2 heteroatoms. The molecule has 0 aromatic carbocycles. The molecule has 0 aromatic rings. The molecule has 0 rings (SSSR count). The van der Waals surface area contributed by atoms with Crippen molar-refractivity contribution in [3.05, 3.63) is 86.1 Å². The van der Waals surface area contributed by atoms with Crippen LogP contribution in [0.5, 0.6) is 0 Å². The van der Waals surface area contributed by atoms with E-state index in [1.54, 1.807) is 42.7 Å². The third-order valence-electron chi connectivity index (χ3n) is 1.82. The number of hydrogen-bond donors (Lipinski definition) is 0. The third kappa shape index (κ3) is 7.01. The van der Waals surface area contributed by atoms with E-state index in [4.69, 9.17) is 4.74 Å². The lowest BCUT2D eigenvalue weighted by Crippen LogP contribution is -1.88. The second-order valence-electron chi connectivity index (χ2n) is 3.24. The molecular formula is C16H19NO. The summed E-state index contributed by atoms with van der Waals surface area (Å²) in [6, 6.07) is 0. The van der Waals surface area contributed by atoms with Gasteiger partial charge in [0.15, 0.2) is 0 Å². The lowest BCUT2D eigenvalue weighted by atomic mass is 10.2. The minimum absolute atomic E-state index is 0.417. The van der Waals surface area contributed by atoms with Gasteiger partial charge in [0.1, 0.15) is 5.76 Å². The summed E-state index contributed by atoms with van der Waals surface area (Å²) in [5.74, 6) is 1.01. The molecule has 0 fully saturated rings. The fourth-order valence-electron chi connectivity index (χ4n) is 0.876. The van der Waals surface area contributed by atoms with Crippen LogP contribution in [0.1, 0.15) is 6.92 Å². The van der Waals surface area contributed by atoms with Gasteiger partial charge in [0.05, 0.1) is 0 Å². The first-order valence-electron chi connectivity index (χ1n) is 5.47. The zero-order chi connectivity index (χ0) is 13.8. The van der Waals surface area contributed by atoms with Gasteiger partial charge in [0.25, 0.3) is 0 Å². The second-order valence-corrected chi connectivity index (χ2v) is 3.24. The fourth-order valence-corrected chi connectivity index (χ4v) is 0.876. The van der Waals surface area contributed by atoms with Gasteiger partial charge in [-0.3, -0.25) is 0 Å². The second kappa shape index (κ2) is 9.85. The highest BCUT2D eigenvalue weighted by Crippen LogP contribution is 2.10. The minimum atomic E-state index is 0.417. The van der Waals surface area contributed by atoms with Crippen LogP contribution in [0.15, 0.2) is 91.1 Å². The van der Waals surface area contributed by atoms with Crippen molar-refractivity contribution in [3.63, 3.8) is 0 Å². The van der Waals surface area contributed by atoms with E-state index in [1.165, 1.54) is 0 Å². The van der Waals surface area contributed by atoms with Crippen LogP contribution in [0.4, 0.5) is 0 Å². The molecule has 0 spiro atoms. The maximum Gasteiger partial charge on any atom is 0.219 e. The Morgan fingerprint density at radius 2 is 1.67 bits per heavy atom. The van der Waals surface area contributed by atoms with Gasteiger partial charge >= 0.3 is 0 Å². The molecule has 0 N–H and O–H groups in total. The molecule has 0 atom stereocenters. The number of ether oxygens (including phenoxy) is 1. The van der Waals surface area contributed by atoms with E-state index >= 15 is 0 Å². The highest BCUT2D eigenvalue weighted by molar-refractivity contribution is 5.71. The van der Waals surface area contributed by atoms with Crippen LogP contribution in [0.2, 0.25) is 0 Å². The largest absolute Gasteiger partial charge is 0.439 e. The van der Waals surface area contributed by atoms with Gasteiger partial charge in [0, 0.05) is 12.3 Å². The highest BCUT2D eigenvalue weighted by atomic mass is 16.5. The molecule has 0 saturated carbocycles. The molecule has 94 valence electrons. The molecule has 0 saturated heterocycles. The van der Waals surface area contributed by atoms with Gasteiger partial charge in [-0.2, -0.15) is 0 Å². The Morgan fingerprint density at radius 1 is 0.944 bits per heavy atom. The first-order valence-corrected chi connectivity index (χ1v) is 5.47. The minimum Gasteiger partial charge on any atom is -0.439 e. The van der Waals surface area contributed by atoms with Crippen LogP contribution in [0.25, 0.3) is 0 Å². The zero-order valence-corrected chi connectivity index (χ0v) is 10.8. The Labute approximate surface area is 109 Å². The van der Waals surface area contributed by atoms with Crippen LogP contribution in [-0.2, 0) is 4.74 Å². The summed E-state index contributed by atoms with van der Waals surface area (Å²) in [7, 11) is 0. The Kier molecular flexibility index (Phi) is 8.56. The average Bonchev–Trinajstić information content (AvgIpc) is 2.40. The molecule has 0 radical (unpaired) electrons. The van der Waals surface area contributed by atoms with E-state index in [1.807, 2.05) is 13.0 Å². The van der Waals surface area contributed by atoms with Gasteiger partial charge in [-0.05, 0) is 19.1 Å². The van der Waals surface area contributed by atoms with Crippen molar-refractivity contribution in [2.45, 2.75) is 6.92 Å². The zero-order valence-electron chi connectivity index (χ0n) is 10.8. The highest BCUT2D eigenvalue weighted by Gasteiger charge is 1.96. The summed E-state index contributed by atoms with van der Waals surface area (Å²) in [6.45, 7) is 16.5. The molecule has 0 heterocycles. The molecule has 2 nitrogen and oxygen atoms in total. The lowest BCUT2D eigenvalue weighted by molar-refractivity contribution is 0.318. The molecule has 0 bridgehead atoms. The van der Waals surface area contributed by atoms with Crippen molar-refractivity contribution in [3.8, 4) is 0 Å². The van der Waals surface area contributed by atoms with E-state index < -0.39 is 0 Å². The third-order valence-corrected chi connectivity index (χ3v) is 1.82. The van der Waals surface area contributed by atoms with E-state index in [2.05, 4.69) is 31.3 Å². The van der Waals surface area contributed by atoms with Crippen LogP contribution in [-0.4, -0.2) is 6.21 Å². The summed E-state index contributed by atoms with van der Waals surface area (Å²) < 4.78 is 5.55. The Bertz CT molecular complexity index is 434. The molecule has 0 aromatic heterocycles. The summed E-state index contributed by atoms with van der Waals surface area (Å²) in [6.07, 6.45) is 13.4. The van der Waals surface area contributed by atoms with E-state index in [9.17, 15) is 0 Å². The Hall–Kier alpha value is -2.35. The SMILES string of the molecule is C=CC=N/C(=C\C=C)O/C(C=C)=C/C=C(/C)C=C. The quantitative estimate of drug-likeness (QED) is 0.348. The first-order chi connectivity index (χ1) is 8.67. The molecule has 0 unspecified atom stereocenters. The topological polar surface area (TPSA) is 21.6 Å². The normalized spacial score (nSPS) is 13.3. The standard InChI is InChI=1S/C16H19NO/c1-6-10-16(17-13-7-2)18-15(9-4)12-11-14(5)8-3/h6-13H,1-4H2,5H3/b14-11-,15-12+,16-10+,17-13?. The predicted octanol–water partition coefficient (Wildman–Crippen LogP) is 4.49. The molecule has 0 amide bonds. The van der Waals surface area contributed by atoms with Crippen molar-refractivity contribution in [2.24, 2.45) is 4.99 Å². The number of aliphatic imine (C=N–C) groups is 1. The summed E-state index contributed by atoms with van der Waals surface area (Å²) >= 11 is 0. The maximum atomic E-state index is 5.55. The van der Waals surface area contributed by atoms with Crippen molar-refractivity contribution >= 4 is 6.21 Å². The van der Waals surface area contributed by atoms with Crippen molar-refractivity contribution < 1.29 is 4.74 Å². The smallest absolute Gasteiger partial charge is 0.219 e. The number of nitrogens with zero attached hydrogens (tertiary/aromatic N) is 1. The van der Waals surface area contributed by atoms with Crippen LogP contribution in [0.3, 0.4) is 0 Å². The number of rotatable bonds is 8.